The quantitative estimate of drug-likeness (QED) is 0.621. The molecule has 0 bridgehead atoms. The first-order valence-corrected chi connectivity index (χ1v) is 4.21. The molecular formula is C10H14N2. The second kappa shape index (κ2) is 3.96. The van der Waals surface area contributed by atoms with Crippen LogP contribution in [0.3, 0.4) is 0 Å². The number of rotatable bonds is 3. The molecule has 1 heterocycles. The van der Waals surface area contributed by atoms with Gasteiger partial charge in [-0.1, -0.05) is 19.8 Å². The van der Waals surface area contributed by atoms with Crippen molar-refractivity contribution in [3.8, 4) is 12.3 Å². The summed E-state index contributed by atoms with van der Waals surface area (Å²) in [6, 6.07) is 0. The fourth-order valence-corrected chi connectivity index (χ4v) is 0.951. The van der Waals surface area contributed by atoms with Crippen LogP contribution in [0.15, 0.2) is 12.4 Å². The summed E-state index contributed by atoms with van der Waals surface area (Å²) in [7, 11) is 0. The molecule has 1 aromatic rings. The SMILES string of the molecule is C#Cc1cnn(CCC(C)C)c1. The lowest BCUT2D eigenvalue weighted by Gasteiger charge is -2.03. The summed E-state index contributed by atoms with van der Waals surface area (Å²) in [5, 5.41) is 4.13. The van der Waals surface area contributed by atoms with Gasteiger partial charge in [-0.3, -0.25) is 4.68 Å². The van der Waals surface area contributed by atoms with Crippen LogP contribution in [0.25, 0.3) is 0 Å². The van der Waals surface area contributed by atoms with Gasteiger partial charge in [0.15, 0.2) is 0 Å². The monoisotopic (exact) mass is 162 g/mol. The van der Waals surface area contributed by atoms with Crippen LogP contribution in [0.1, 0.15) is 25.8 Å². The number of hydrogen-bond acceptors (Lipinski definition) is 1. The summed E-state index contributed by atoms with van der Waals surface area (Å²) in [6.45, 7) is 5.36. The molecule has 1 rings (SSSR count). The van der Waals surface area contributed by atoms with Crippen molar-refractivity contribution in [3.63, 3.8) is 0 Å². The summed E-state index contributed by atoms with van der Waals surface area (Å²) in [5.41, 5.74) is 0.860. The molecule has 0 spiro atoms. The van der Waals surface area contributed by atoms with Crippen molar-refractivity contribution in [1.29, 1.82) is 0 Å². The largest absolute Gasteiger partial charge is 0.271 e. The van der Waals surface area contributed by atoms with Crippen LogP contribution in [-0.4, -0.2) is 9.78 Å². The Bertz CT molecular complexity index is 278. The zero-order chi connectivity index (χ0) is 8.97. The van der Waals surface area contributed by atoms with Crippen LogP contribution < -0.4 is 0 Å². The van der Waals surface area contributed by atoms with Gasteiger partial charge in [0, 0.05) is 12.7 Å². The number of aryl methyl sites for hydroxylation is 1. The second-order valence-electron chi connectivity index (χ2n) is 3.32. The molecule has 0 aliphatic carbocycles. The van der Waals surface area contributed by atoms with Crippen molar-refractivity contribution in [2.75, 3.05) is 0 Å². The molecule has 0 saturated heterocycles. The summed E-state index contributed by atoms with van der Waals surface area (Å²) < 4.78 is 1.90. The molecule has 1 aromatic heterocycles. The standard InChI is InChI=1S/C10H14N2/c1-4-10-7-11-12(8-10)6-5-9(2)3/h1,7-9H,5-6H2,2-3H3. The molecule has 0 N–H and O–H groups in total. The van der Waals surface area contributed by atoms with E-state index in [1.165, 1.54) is 0 Å². The molecule has 0 fully saturated rings. The van der Waals surface area contributed by atoms with E-state index < -0.39 is 0 Å². The van der Waals surface area contributed by atoms with Gasteiger partial charge < -0.3 is 0 Å². The minimum absolute atomic E-state index is 0.712. The van der Waals surface area contributed by atoms with Crippen LogP contribution >= 0.6 is 0 Å². The molecular weight excluding hydrogens is 148 g/mol. The average Bonchev–Trinajstić information content (AvgIpc) is 2.48. The van der Waals surface area contributed by atoms with Crippen molar-refractivity contribution in [1.82, 2.24) is 9.78 Å². The van der Waals surface area contributed by atoms with Crippen LogP contribution in [-0.2, 0) is 6.54 Å². The van der Waals surface area contributed by atoms with Gasteiger partial charge >= 0.3 is 0 Å². The molecule has 0 aliphatic heterocycles. The van der Waals surface area contributed by atoms with Crippen molar-refractivity contribution in [3.05, 3.63) is 18.0 Å². The number of aromatic nitrogens is 2. The molecule has 12 heavy (non-hydrogen) atoms. The highest BCUT2D eigenvalue weighted by molar-refractivity contribution is 5.25. The minimum Gasteiger partial charge on any atom is -0.271 e. The first-order chi connectivity index (χ1) is 5.72. The van der Waals surface area contributed by atoms with Crippen molar-refractivity contribution >= 4 is 0 Å². The van der Waals surface area contributed by atoms with E-state index in [0.29, 0.717) is 5.92 Å². The lowest BCUT2D eigenvalue weighted by atomic mass is 10.1. The molecule has 2 nitrogen and oxygen atoms in total. The Hall–Kier alpha value is -1.23. The normalized spacial score (nSPS) is 10.2. The average molecular weight is 162 g/mol. The Morgan fingerprint density at radius 1 is 1.67 bits per heavy atom. The molecule has 0 aromatic carbocycles. The number of hydrogen-bond donors (Lipinski definition) is 0. The summed E-state index contributed by atoms with van der Waals surface area (Å²) in [6.07, 6.45) is 9.99. The first-order valence-electron chi connectivity index (χ1n) is 4.21. The van der Waals surface area contributed by atoms with Gasteiger partial charge in [0.25, 0.3) is 0 Å². The van der Waals surface area contributed by atoms with Gasteiger partial charge in [-0.2, -0.15) is 5.10 Å². The fraction of sp³-hybridized carbons (Fsp3) is 0.500. The predicted molar refractivity (Wildman–Crippen MR) is 49.6 cm³/mol. The van der Waals surface area contributed by atoms with Crippen molar-refractivity contribution in [2.45, 2.75) is 26.8 Å². The van der Waals surface area contributed by atoms with E-state index in [1.54, 1.807) is 6.20 Å². The Morgan fingerprint density at radius 3 is 2.92 bits per heavy atom. The molecule has 0 atom stereocenters. The molecule has 2 heteroatoms. The maximum Gasteiger partial charge on any atom is 0.0646 e. The Morgan fingerprint density at radius 2 is 2.42 bits per heavy atom. The second-order valence-corrected chi connectivity index (χ2v) is 3.32. The van der Waals surface area contributed by atoms with Gasteiger partial charge in [-0.25, -0.2) is 0 Å². The Balaban J connectivity index is 2.48. The fourth-order valence-electron chi connectivity index (χ4n) is 0.951. The zero-order valence-corrected chi connectivity index (χ0v) is 7.62. The summed E-state index contributed by atoms with van der Waals surface area (Å²) >= 11 is 0. The van der Waals surface area contributed by atoms with E-state index in [-0.39, 0.29) is 0 Å². The highest BCUT2D eigenvalue weighted by Crippen LogP contribution is 2.02. The van der Waals surface area contributed by atoms with Gasteiger partial charge in [0.05, 0.1) is 11.8 Å². The number of terminal acetylenes is 1. The lowest BCUT2D eigenvalue weighted by Crippen LogP contribution is -2.01. The highest BCUT2D eigenvalue weighted by Gasteiger charge is 1.97. The maximum atomic E-state index is 5.22. The van der Waals surface area contributed by atoms with Gasteiger partial charge in [0.2, 0.25) is 0 Å². The molecule has 0 radical (unpaired) electrons. The van der Waals surface area contributed by atoms with E-state index in [2.05, 4.69) is 24.9 Å². The number of nitrogens with zero attached hydrogens (tertiary/aromatic N) is 2. The first kappa shape index (κ1) is 8.86. The summed E-state index contributed by atoms with van der Waals surface area (Å²) in [4.78, 5) is 0. The van der Waals surface area contributed by atoms with E-state index in [1.807, 2.05) is 10.9 Å². The molecule has 0 aliphatic rings. The highest BCUT2D eigenvalue weighted by atomic mass is 15.3. The Kier molecular flexibility index (Phi) is 2.93. The molecule has 64 valence electrons. The third-order valence-electron chi connectivity index (χ3n) is 1.74. The zero-order valence-electron chi connectivity index (χ0n) is 7.62. The van der Waals surface area contributed by atoms with Crippen LogP contribution in [0.5, 0.6) is 0 Å². The third-order valence-corrected chi connectivity index (χ3v) is 1.74. The van der Waals surface area contributed by atoms with E-state index in [0.717, 1.165) is 18.5 Å². The summed E-state index contributed by atoms with van der Waals surface area (Å²) in [5.74, 6) is 3.26. The van der Waals surface area contributed by atoms with Gasteiger partial charge in [-0.15, -0.1) is 6.42 Å². The van der Waals surface area contributed by atoms with E-state index >= 15 is 0 Å². The van der Waals surface area contributed by atoms with E-state index in [4.69, 9.17) is 6.42 Å². The van der Waals surface area contributed by atoms with E-state index in [9.17, 15) is 0 Å². The lowest BCUT2D eigenvalue weighted by molar-refractivity contribution is 0.487. The van der Waals surface area contributed by atoms with Gasteiger partial charge in [-0.05, 0) is 12.3 Å². The van der Waals surface area contributed by atoms with Crippen molar-refractivity contribution in [2.24, 2.45) is 5.92 Å². The predicted octanol–water partition coefficient (Wildman–Crippen LogP) is 1.91. The van der Waals surface area contributed by atoms with Gasteiger partial charge in [0.1, 0.15) is 0 Å². The van der Waals surface area contributed by atoms with Crippen LogP contribution in [0.2, 0.25) is 0 Å². The topological polar surface area (TPSA) is 17.8 Å². The maximum absolute atomic E-state index is 5.22. The smallest absolute Gasteiger partial charge is 0.0646 e. The molecule has 0 saturated carbocycles. The Labute approximate surface area is 73.6 Å². The van der Waals surface area contributed by atoms with Crippen LogP contribution in [0, 0.1) is 18.3 Å². The molecule has 0 amide bonds. The van der Waals surface area contributed by atoms with Crippen LogP contribution in [0.4, 0.5) is 0 Å². The molecule has 0 unspecified atom stereocenters. The van der Waals surface area contributed by atoms with Crippen molar-refractivity contribution < 1.29 is 0 Å². The third kappa shape index (κ3) is 2.43. The minimum atomic E-state index is 0.712.